The Morgan fingerprint density at radius 2 is 2.00 bits per heavy atom. The molecule has 0 radical (unpaired) electrons. The molecule has 0 amide bonds. The van der Waals surface area contributed by atoms with Crippen LogP contribution in [0.25, 0.3) is 11.3 Å². The standard InChI is InChI=1S/C19H18F3N5O3S/c1-23-31(28,29)13-3-4-15(25-17-5-2-12(9-24-17)19(20,21)22)14(8-13)16-10-27-6-7-30-11-18(27)26-16/h2-5,8-10,23H,6-7,11H2,1H3,(H,24,25). The zero-order valence-electron chi connectivity index (χ0n) is 16.3. The quantitative estimate of drug-likeness (QED) is 0.616. The molecule has 0 spiro atoms. The Morgan fingerprint density at radius 1 is 1.19 bits per heavy atom. The fourth-order valence-corrected chi connectivity index (χ4v) is 3.88. The van der Waals surface area contributed by atoms with Gasteiger partial charge in [-0.1, -0.05) is 0 Å². The highest BCUT2D eigenvalue weighted by Crippen LogP contribution is 2.33. The van der Waals surface area contributed by atoms with E-state index in [1.54, 1.807) is 6.20 Å². The van der Waals surface area contributed by atoms with Crippen LogP contribution in [0.15, 0.2) is 47.6 Å². The number of imidazole rings is 1. The molecule has 0 bridgehead atoms. The highest BCUT2D eigenvalue weighted by Gasteiger charge is 2.30. The van der Waals surface area contributed by atoms with Gasteiger partial charge in [-0.25, -0.2) is 23.1 Å². The Hall–Kier alpha value is -2.96. The molecule has 2 aromatic heterocycles. The minimum atomic E-state index is -4.49. The summed E-state index contributed by atoms with van der Waals surface area (Å²) in [5.74, 6) is 0.868. The molecule has 12 heteroatoms. The molecule has 2 N–H and O–H groups in total. The van der Waals surface area contributed by atoms with Crippen LogP contribution in [-0.4, -0.2) is 36.6 Å². The summed E-state index contributed by atoms with van der Waals surface area (Å²) < 4.78 is 72.5. The molecule has 1 aromatic carbocycles. The molecule has 0 unspecified atom stereocenters. The number of rotatable bonds is 5. The van der Waals surface area contributed by atoms with Crippen LogP contribution in [0.2, 0.25) is 0 Å². The zero-order valence-corrected chi connectivity index (χ0v) is 17.1. The van der Waals surface area contributed by atoms with Crippen LogP contribution in [0, 0.1) is 0 Å². The van der Waals surface area contributed by atoms with Crippen molar-refractivity contribution in [2.75, 3.05) is 19.0 Å². The maximum absolute atomic E-state index is 12.8. The van der Waals surface area contributed by atoms with E-state index in [1.165, 1.54) is 31.3 Å². The number of pyridine rings is 1. The second-order valence-corrected chi connectivity index (χ2v) is 8.64. The summed E-state index contributed by atoms with van der Waals surface area (Å²) in [4.78, 5) is 8.38. The molecule has 0 fully saturated rings. The van der Waals surface area contributed by atoms with E-state index in [9.17, 15) is 21.6 Å². The van der Waals surface area contributed by atoms with Crippen molar-refractivity contribution in [1.29, 1.82) is 0 Å². The number of hydrogen-bond donors (Lipinski definition) is 2. The predicted octanol–water partition coefficient (Wildman–Crippen LogP) is 3.15. The summed E-state index contributed by atoms with van der Waals surface area (Å²) in [6.45, 7) is 1.48. The van der Waals surface area contributed by atoms with Crippen molar-refractivity contribution in [1.82, 2.24) is 19.3 Å². The van der Waals surface area contributed by atoms with Crippen LogP contribution in [0.1, 0.15) is 11.4 Å². The minimum Gasteiger partial charge on any atom is -0.372 e. The third kappa shape index (κ3) is 4.40. The molecule has 1 aliphatic rings. The summed E-state index contributed by atoms with van der Waals surface area (Å²) in [6.07, 6.45) is -1.97. The molecule has 0 saturated carbocycles. The van der Waals surface area contributed by atoms with E-state index in [4.69, 9.17) is 4.74 Å². The van der Waals surface area contributed by atoms with Gasteiger partial charge in [0.25, 0.3) is 0 Å². The van der Waals surface area contributed by atoms with Gasteiger partial charge in [0, 0.05) is 30.2 Å². The second-order valence-electron chi connectivity index (χ2n) is 6.76. The van der Waals surface area contributed by atoms with E-state index in [1.807, 2.05) is 4.57 Å². The van der Waals surface area contributed by atoms with Gasteiger partial charge in [0.2, 0.25) is 10.0 Å². The minimum absolute atomic E-state index is 0.0261. The van der Waals surface area contributed by atoms with Gasteiger partial charge < -0.3 is 14.6 Å². The van der Waals surface area contributed by atoms with Gasteiger partial charge >= 0.3 is 6.18 Å². The first-order valence-electron chi connectivity index (χ1n) is 9.19. The largest absolute Gasteiger partial charge is 0.417 e. The normalized spacial score (nSPS) is 14.3. The molecule has 1 aliphatic heterocycles. The summed E-state index contributed by atoms with van der Waals surface area (Å²) in [5.41, 5.74) is 0.539. The highest BCUT2D eigenvalue weighted by atomic mass is 32.2. The number of fused-ring (bicyclic) bond motifs is 1. The number of benzene rings is 1. The molecule has 164 valence electrons. The number of sulfonamides is 1. The van der Waals surface area contributed by atoms with Crippen molar-refractivity contribution in [3.63, 3.8) is 0 Å². The second kappa shape index (κ2) is 7.94. The molecule has 0 aliphatic carbocycles. The fourth-order valence-electron chi connectivity index (χ4n) is 3.12. The van der Waals surface area contributed by atoms with Gasteiger partial charge in [0.05, 0.1) is 22.8 Å². The Kier molecular flexibility index (Phi) is 5.45. The van der Waals surface area contributed by atoms with E-state index in [0.717, 1.165) is 12.3 Å². The number of anilines is 2. The number of nitrogens with one attached hydrogen (secondary N) is 2. The lowest BCUT2D eigenvalue weighted by Gasteiger charge is -2.13. The lowest BCUT2D eigenvalue weighted by Crippen LogP contribution is -2.18. The van der Waals surface area contributed by atoms with Gasteiger partial charge in [0.15, 0.2) is 0 Å². The van der Waals surface area contributed by atoms with Crippen LogP contribution < -0.4 is 10.0 Å². The topological polar surface area (TPSA) is 98.1 Å². The first-order valence-corrected chi connectivity index (χ1v) is 10.7. The SMILES string of the molecule is CNS(=O)(=O)c1ccc(Nc2ccc(C(F)(F)F)cn2)c(-c2cn3c(n2)COCC3)c1. The molecule has 31 heavy (non-hydrogen) atoms. The third-order valence-electron chi connectivity index (χ3n) is 4.77. The van der Waals surface area contributed by atoms with Gasteiger partial charge in [-0.15, -0.1) is 0 Å². The van der Waals surface area contributed by atoms with Crippen molar-refractivity contribution < 1.29 is 26.3 Å². The van der Waals surface area contributed by atoms with Gasteiger partial charge in [-0.2, -0.15) is 13.2 Å². The molecule has 4 rings (SSSR count). The summed E-state index contributed by atoms with van der Waals surface area (Å²) in [7, 11) is -2.41. The molecule has 0 saturated heterocycles. The Bertz CT molecular complexity index is 1180. The van der Waals surface area contributed by atoms with Crippen LogP contribution in [0.5, 0.6) is 0 Å². The lowest BCUT2D eigenvalue weighted by atomic mass is 10.1. The highest BCUT2D eigenvalue weighted by molar-refractivity contribution is 7.89. The van der Waals surface area contributed by atoms with E-state index in [0.29, 0.717) is 42.5 Å². The maximum Gasteiger partial charge on any atom is 0.417 e. The summed E-state index contributed by atoms with van der Waals surface area (Å²) >= 11 is 0. The fraction of sp³-hybridized carbons (Fsp3) is 0.263. The van der Waals surface area contributed by atoms with E-state index < -0.39 is 21.8 Å². The Balaban J connectivity index is 1.75. The number of hydrogen-bond acceptors (Lipinski definition) is 6. The molecular weight excluding hydrogens is 435 g/mol. The zero-order chi connectivity index (χ0) is 22.2. The van der Waals surface area contributed by atoms with Crippen LogP contribution in [0.3, 0.4) is 0 Å². The third-order valence-corrected chi connectivity index (χ3v) is 6.18. The van der Waals surface area contributed by atoms with E-state index >= 15 is 0 Å². The average Bonchev–Trinajstić information content (AvgIpc) is 3.18. The first kappa shape index (κ1) is 21.3. The van der Waals surface area contributed by atoms with Crippen LogP contribution in [-0.2, 0) is 34.1 Å². The number of ether oxygens (including phenoxy) is 1. The molecule has 3 heterocycles. The number of halogens is 3. The van der Waals surface area contributed by atoms with Crippen molar-refractivity contribution in [2.45, 2.75) is 24.2 Å². The first-order chi connectivity index (χ1) is 14.7. The van der Waals surface area contributed by atoms with Crippen molar-refractivity contribution in [3.05, 3.63) is 54.1 Å². The van der Waals surface area contributed by atoms with Gasteiger partial charge in [-0.3, -0.25) is 0 Å². The lowest BCUT2D eigenvalue weighted by molar-refractivity contribution is -0.137. The number of alkyl halides is 3. The van der Waals surface area contributed by atoms with Gasteiger partial charge in [-0.05, 0) is 37.4 Å². The Labute approximate surface area is 176 Å². The number of aromatic nitrogens is 3. The van der Waals surface area contributed by atoms with Crippen molar-refractivity contribution >= 4 is 21.5 Å². The smallest absolute Gasteiger partial charge is 0.372 e. The summed E-state index contributed by atoms with van der Waals surface area (Å²) in [5, 5.41) is 2.95. The van der Waals surface area contributed by atoms with E-state index in [2.05, 4.69) is 20.0 Å². The molecular formula is C19H18F3N5O3S. The van der Waals surface area contributed by atoms with Crippen molar-refractivity contribution in [3.8, 4) is 11.3 Å². The summed E-state index contributed by atoms with van der Waals surface area (Å²) in [6, 6.07) is 6.49. The predicted molar refractivity (Wildman–Crippen MR) is 106 cm³/mol. The average molecular weight is 453 g/mol. The van der Waals surface area contributed by atoms with Crippen molar-refractivity contribution in [2.24, 2.45) is 0 Å². The van der Waals surface area contributed by atoms with Crippen LogP contribution >= 0.6 is 0 Å². The molecule has 0 atom stereocenters. The Morgan fingerprint density at radius 3 is 2.65 bits per heavy atom. The van der Waals surface area contributed by atoms with Crippen LogP contribution in [0.4, 0.5) is 24.7 Å². The van der Waals surface area contributed by atoms with E-state index in [-0.39, 0.29) is 10.7 Å². The number of nitrogens with zero attached hydrogens (tertiary/aromatic N) is 3. The molecule has 8 nitrogen and oxygen atoms in total. The maximum atomic E-state index is 12.8. The molecule has 3 aromatic rings. The van der Waals surface area contributed by atoms with Gasteiger partial charge in [0.1, 0.15) is 18.2 Å². The monoisotopic (exact) mass is 453 g/mol.